The van der Waals surface area contributed by atoms with E-state index in [1.807, 2.05) is 18.2 Å². The van der Waals surface area contributed by atoms with Crippen LogP contribution in [0.25, 0.3) is 27.9 Å². The van der Waals surface area contributed by atoms with Gasteiger partial charge in [-0.05, 0) is 17.7 Å². The van der Waals surface area contributed by atoms with Crippen molar-refractivity contribution >= 4 is 39.5 Å². The summed E-state index contributed by atoms with van der Waals surface area (Å²) in [5, 5.41) is 2.54. The molecule has 0 amide bonds. The van der Waals surface area contributed by atoms with Crippen LogP contribution in [0.4, 0.5) is 0 Å². The number of rotatable bonds is 2. The summed E-state index contributed by atoms with van der Waals surface area (Å²) in [6.07, 6.45) is 3.99. The van der Waals surface area contributed by atoms with Gasteiger partial charge in [-0.25, -0.2) is 0 Å². The lowest BCUT2D eigenvalue weighted by molar-refractivity contribution is 1.54. The third-order valence-corrected chi connectivity index (χ3v) is 3.11. The minimum Gasteiger partial charge on any atom is -0.354 e. The third kappa shape index (κ3) is 1.83. The number of nitrogens with one attached hydrogen (secondary N) is 1. The van der Waals surface area contributed by atoms with Gasteiger partial charge in [0.1, 0.15) is 0 Å². The molecule has 2 heteroatoms. The van der Waals surface area contributed by atoms with Crippen LogP contribution >= 0.6 is 11.6 Å². The highest BCUT2D eigenvalue weighted by atomic mass is 35.5. The van der Waals surface area contributed by atoms with Gasteiger partial charge in [0.25, 0.3) is 0 Å². The lowest BCUT2D eigenvalue weighted by Gasteiger charge is -1.94. The molecule has 1 heterocycles. The van der Waals surface area contributed by atoms with Gasteiger partial charge in [0, 0.05) is 27.7 Å². The van der Waals surface area contributed by atoms with E-state index in [0.29, 0.717) is 5.88 Å². The predicted molar refractivity (Wildman–Crippen MR) is 75.6 cm³/mol. The van der Waals surface area contributed by atoms with Crippen molar-refractivity contribution in [1.29, 1.82) is 0 Å². The average molecular weight is 242 g/mol. The predicted octanol–water partition coefficient (Wildman–Crippen LogP) is 4.57. The van der Waals surface area contributed by atoms with Crippen molar-refractivity contribution in [1.82, 2.24) is 4.98 Å². The maximum Gasteiger partial charge on any atom is 0.0470 e. The third-order valence-electron chi connectivity index (χ3n) is 2.93. The van der Waals surface area contributed by atoms with E-state index in [4.69, 9.17) is 11.6 Å². The monoisotopic (exact) mass is 241 g/mol. The minimum absolute atomic E-state index is 0.546. The highest BCUT2D eigenvalue weighted by molar-refractivity contribution is 6.19. The molecule has 0 saturated heterocycles. The first-order valence-electron chi connectivity index (χ1n) is 5.61. The normalized spacial score (nSPS) is 11.8. The SMILES string of the molecule is ClCC=Cc1ccc2c(c1)[nH]c1ccccc12. The van der Waals surface area contributed by atoms with Gasteiger partial charge in [0.05, 0.1) is 0 Å². The fourth-order valence-corrected chi connectivity index (χ4v) is 2.25. The van der Waals surface area contributed by atoms with Crippen LogP contribution in [0.1, 0.15) is 5.56 Å². The number of alkyl halides is 1. The molecule has 1 aromatic heterocycles. The second-order valence-corrected chi connectivity index (χ2v) is 4.34. The van der Waals surface area contributed by atoms with Gasteiger partial charge in [-0.15, -0.1) is 11.6 Å². The Morgan fingerprint density at radius 2 is 1.82 bits per heavy atom. The van der Waals surface area contributed by atoms with E-state index in [0.717, 1.165) is 0 Å². The molecule has 84 valence electrons. The molecule has 17 heavy (non-hydrogen) atoms. The van der Waals surface area contributed by atoms with Crippen molar-refractivity contribution in [2.75, 3.05) is 5.88 Å². The molecule has 0 saturated carbocycles. The molecule has 0 aliphatic carbocycles. The van der Waals surface area contributed by atoms with Crippen LogP contribution in [-0.2, 0) is 0 Å². The smallest absolute Gasteiger partial charge is 0.0470 e. The molecule has 0 radical (unpaired) electrons. The topological polar surface area (TPSA) is 15.8 Å². The Morgan fingerprint density at radius 3 is 2.71 bits per heavy atom. The van der Waals surface area contributed by atoms with Crippen LogP contribution in [-0.4, -0.2) is 10.9 Å². The van der Waals surface area contributed by atoms with E-state index in [-0.39, 0.29) is 0 Å². The summed E-state index contributed by atoms with van der Waals surface area (Å²) in [6, 6.07) is 14.8. The molecular weight excluding hydrogens is 230 g/mol. The molecule has 3 aromatic rings. The molecule has 0 aliphatic rings. The number of hydrogen-bond donors (Lipinski definition) is 1. The summed E-state index contributed by atoms with van der Waals surface area (Å²) in [4.78, 5) is 3.43. The number of halogens is 1. The van der Waals surface area contributed by atoms with Gasteiger partial charge >= 0.3 is 0 Å². The number of H-pyrrole nitrogens is 1. The first-order valence-corrected chi connectivity index (χ1v) is 6.15. The quantitative estimate of drug-likeness (QED) is 0.633. The van der Waals surface area contributed by atoms with Gasteiger partial charge in [-0.2, -0.15) is 0 Å². The molecule has 0 fully saturated rings. The number of fused-ring (bicyclic) bond motifs is 3. The number of aromatic amines is 1. The lowest BCUT2D eigenvalue weighted by atomic mass is 10.1. The van der Waals surface area contributed by atoms with E-state index < -0.39 is 0 Å². The zero-order chi connectivity index (χ0) is 11.7. The molecule has 0 unspecified atom stereocenters. The summed E-state index contributed by atoms with van der Waals surface area (Å²) < 4.78 is 0. The number of hydrogen-bond acceptors (Lipinski definition) is 0. The Hall–Kier alpha value is -1.73. The van der Waals surface area contributed by atoms with Crippen LogP contribution in [0.2, 0.25) is 0 Å². The van der Waals surface area contributed by atoms with E-state index in [9.17, 15) is 0 Å². The molecule has 2 aromatic carbocycles. The van der Waals surface area contributed by atoms with E-state index in [1.54, 1.807) is 0 Å². The Balaban J connectivity index is 2.23. The maximum absolute atomic E-state index is 5.64. The summed E-state index contributed by atoms with van der Waals surface area (Å²) in [7, 11) is 0. The standard InChI is InChI=1S/C15H12ClN/c16-9-3-4-11-7-8-13-12-5-1-2-6-14(12)17-15(13)10-11/h1-8,10,17H,9H2. The number of aromatic nitrogens is 1. The second kappa shape index (κ2) is 4.27. The Bertz CT molecular complexity index is 694. The van der Waals surface area contributed by atoms with Gasteiger partial charge in [0.2, 0.25) is 0 Å². The highest BCUT2D eigenvalue weighted by Crippen LogP contribution is 2.26. The Labute approximate surface area is 105 Å². The first kappa shape index (κ1) is 10.4. The summed E-state index contributed by atoms with van der Waals surface area (Å²) in [5.41, 5.74) is 3.52. The van der Waals surface area contributed by atoms with E-state index in [2.05, 4.69) is 41.4 Å². The molecule has 0 atom stereocenters. The van der Waals surface area contributed by atoms with Gasteiger partial charge in [0.15, 0.2) is 0 Å². The van der Waals surface area contributed by atoms with E-state index in [1.165, 1.54) is 27.4 Å². The van der Waals surface area contributed by atoms with Crippen LogP contribution < -0.4 is 0 Å². The largest absolute Gasteiger partial charge is 0.354 e. The van der Waals surface area contributed by atoms with Crippen molar-refractivity contribution in [3.8, 4) is 0 Å². The zero-order valence-corrected chi connectivity index (χ0v) is 10.0. The van der Waals surface area contributed by atoms with Crippen molar-refractivity contribution in [3.63, 3.8) is 0 Å². The van der Waals surface area contributed by atoms with Gasteiger partial charge in [-0.3, -0.25) is 0 Å². The van der Waals surface area contributed by atoms with Crippen molar-refractivity contribution in [3.05, 3.63) is 54.1 Å². The molecule has 1 nitrogen and oxygen atoms in total. The second-order valence-electron chi connectivity index (χ2n) is 4.03. The molecule has 1 N–H and O–H groups in total. The van der Waals surface area contributed by atoms with Crippen molar-refractivity contribution in [2.24, 2.45) is 0 Å². The molecule has 0 aliphatic heterocycles. The summed E-state index contributed by atoms with van der Waals surface area (Å²) in [6.45, 7) is 0. The number of allylic oxidation sites excluding steroid dienone is 1. The van der Waals surface area contributed by atoms with Crippen LogP contribution in [0.15, 0.2) is 48.5 Å². The summed E-state index contributed by atoms with van der Waals surface area (Å²) >= 11 is 5.64. The van der Waals surface area contributed by atoms with Crippen LogP contribution in [0.5, 0.6) is 0 Å². The van der Waals surface area contributed by atoms with Gasteiger partial charge in [-0.1, -0.05) is 42.5 Å². The fourth-order valence-electron chi connectivity index (χ4n) is 2.16. The van der Waals surface area contributed by atoms with Gasteiger partial charge < -0.3 is 4.98 Å². The molecule has 0 spiro atoms. The maximum atomic E-state index is 5.64. The Kier molecular flexibility index (Phi) is 2.62. The number of para-hydroxylation sites is 1. The molecule has 3 rings (SSSR count). The highest BCUT2D eigenvalue weighted by Gasteiger charge is 2.02. The van der Waals surface area contributed by atoms with Crippen molar-refractivity contribution in [2.45, 2.75) is 0 Å². The lowest BCUT2D eigenvalue weighted by Crippen LogP contribution is -1.73. The Morgan fingerprint density at radius 1 is 1.00 bits per heavy atom. The fraction of sp³-hybridized carbons (Fsp3) is 0.0667. The van der Waals surface area contributed by atoms with Crippen LogP contribution in [0.3, 0.4) is 0 Å². The van der Waals surface area contributed by atoms with E-state index >= 15 is 0 Å². The minimum atomic E-state index is 0.546. The molecule has 0 bridgehead atoms. The van der Waals surface area contributed by atoms with Crippen molar-refractivity contribution < 1.29 is 0 Å². The average Bonchev–Trinajstić information content (AvgIpc) is 2.74. The first-order chi connectivity index (χ1) is 8.38. The molecular formula is C15H12ClN. The van der Waals surface area contributed by atoms with Crippen LogP contribution in [0, 0.1) is 0 Å². The number of benzene rings is 2. The zero-order valence-electron chi connectivity index (χ0n) is 9.28. The summed E-state index contributed by atoms with van der Waals surface area (Å²) in [5.74, 6) is 0.546.